The Morgan fingerprint density at radius 2 is 2.19 bits per heavy atom. The molecule has 3 aromatic rings. The van der Waals surface area contributed by atoms with Crippen molar-refractivity contribution in [2.75, 3.05) is 20.1 Å². The van der Waals surface area contributed by atoms with Crippen LogP contribution in [-0.4, -0.2) is 35.9 Å². The minimum atomic E-state index is -0.00361. The third kappa shape index (κ3) is 3.17. The van der Waals surface area contributed by atoms with Crippen LogP contribution in [-0.2, 0) is 11.2 Å². The van der Waals surface area contributed by atoms with Crippen LogP contribution in [0.4, 0.5) is 0 Å². The van der Waals surface area contributed by atoms with Gasteiger partial charge in [-0.25, -0.2) is 4.98 Å². The van der Waals surface area contributed by atoms with Crippen LogP contribution in [0, 0.1) is 0 Å². The monoisotopic (exact) mass is 386 g/mol. The lowest BCUT2D eigenvalue weighted by molar-refractivity contribution is -0.924. The molecule has 4 nitrogen and oxygen atoms in total. The molecular weight excluding hydrogens is 362 g/mol. The molecule has 136 valence electrons. The average Bonchev–Trinajstić information content (AvgIpc) is 3.29. The molecule has 0 bridgehead atoms. The van der Waals surface area contributed by atoms with Crippen molar-refractivity contribution < 1.29 is 9.69 Å². The molecule has 0 radical (unpaired) electrons. The highest BCUT2D eigenvalue weighted by Gasteiger charge is 2.31. The van der Waals surface area contributed by atoms with Gasteiger partial charge in [0.25, 0.3) is 5.91 Å². The van der Waals surface area contributed by atoms with E-state index in [0.29, 0.717) is 12.6 Å². The first kappa shape index (κ1) is 17.6. The number of hydrogen-bond acceptors (Lipinski definition) is 4. The van der Waals surface area contributed by atoms with Crippen molar-refractivity contribution in [2.45, 2.75) is 32.4 Å². The summed E-state index contributed by atoms with van der Waals surface area (Å²) in [6.45, 7) is 5.89. The molecule has 3 atom stereocenters. The van der Waals surface area contributed by atoms with Crippen molar-refractivity contribution in [1.82, 2.24) is 9.88 Å². The van der Waals surface area contributed by atoms with Crippen molar-refractivity contribution in [3.05, 3.63) is 51.2 Å². The van der Waals surface area contributed by atoms with Gasteiger partial charge in [0.1, 0.15) is 11.0 Å². The van der Waals surface area contributed by atoms with Gasteiger partial charge in [-0.1, -0.05) is 12.1 Å². The topological polar surface area (TPSA) is 37.6 Å². The van der Waals surface area contributed by atoms with E-state index in [4.69, 9.17) is 4.98 Å². The molecule has 1 aliphatic heterocycles. The molecule has 0 fully saturated rings. The highest BCUT2D eigenvalue weighted by atomic mass is 32.1. The van der Waals surface area contributed by atoms with Gasteiger partial charge in [0.15, 0.2) is 6.54 Å². The van der Waals surface area contributed by atoms with E-state index in [9.17, 15) is 4.79 Å². The van der Waals surface area contributed by atoms with E-state index in [1.165, 1.54) is 20.0 Å². The fourth-order valence-corrected chi connectivity index (χ4v) is 5.70. The predicted octanol–water partition coefficient (Wildman–Crippen LogP) is 3.08. The van der Waals surface area contributed by atoms with E-state index >= 15 is 0 Å². The number of quaternary nitrogens is 1. The van der Waals surface area contributed by atoms with Crippen LogP contribution >= 0.6 is 22.7 Å². The Balaban J connectivity index is 1.46. The van der Waals surface area contributed by atoms with Crippen molar-refractivity contribution in [3.8, 4) is 0 Å². The molecule has 1 aromatic carbocycles. The summed E-state index contributed by atoms with van der Waals surface area (Å²) in [6, 6.07) is 10.8. The Hall–Kier alpha value is -1.76. The van der Waals surface area contributed by atoms with Crippen molar-refractivity contribution in [3.63, 3.8) is 0 Å². The summed E-state index contributed by atoms with van der Waals surface area (Å²) in [6.07, 6.45) is 1.08. The van der Waals surface area contributed by atoms with Gasteiger partial charge in [0.2, 0.25) is 0 Å². The molecule has 0 spiro atoms. The van der Waals surface area contributed by atoms with E-state index in [1.807, 2.05) is 41.5 Å². The van der Waals surface area contributed by atoms with Crippen LogP contribution in [0.2, 0.25) is 0 Å². The number of carbonyl (C=O) groups excluding carboxylic acids is 1. The fourth-order valence-electron chi connectivity index (χ4n) is 3.66. The highest BCUT2D eigenvalue weighted by Crippen LogP contribution is 2.29. The number of amides is 1. The average molecular weight is 387 g/mol. The molecule has 1 N–H and O–H groups in total. The Morgan fingerprint density at radius 3 is 3.00 bits per heavy atom. The summed E-state index contributed by atoms with van der Waals surface area (Å²) in [5, 5.41) is 3.18. The van der Waals surface area contributed by atoms with Crippen molar-refractivity contribution in [1.29, 1.82) is 0 Å². The number of fused-ring (bicyclic) bond motifs is 2. The van der Waals surface area contributed by atoms with Gasteiger partial charge in [-0.3, -0.25) is 4.79 Å². The highest BCUT2D eigenvalue weighted by molar-refractivity contribution is 7.18. The maximum absolute atomic E-state index is 12.9. The fraction of sp³-hybridized carbons (Fsp3) is 0.400. The van der Waals surface area contributed by atoms with E-state index in [-0.39, 0.29) is 11.9 Å². The van der Waals surface area contributed by atoms with Crippen LogP contribution in [0.5, 0.6) is 0 Å². The number of nitrogens with zero attached hydrogens (tertiary/aromatic N) is 2. The molecule has 0 saturated heterocycles. The summed E-state index contributed by atoms with van der Waals surface area (Å²) in [5.41, 5.74) is 2.44. The summed E-state index contributed by atoms with van der Waals surface area (Å²) < 4.78 is 1.18. The van der Waals surface area contributed by atoms with Crippen LogP contribution in [0.3, 0.4) is 0 Å². The third-order valence-electron chi connectivity index (χ3n) is 5.55. The smallest absolute Gasteiger partial charge is 0.278 e. The van der Waals surface area contributed by atoms with Crippen LogP contribution in [0.1, 0.15) is 41.4 Å². The number of carbonyl (C=O) groups is 1. The van der Waals surface area contributed by atoms with Gasteiger partial charge >= 0.3 is 0 Å². The lowest BCUT2D eigenvalue weighted by atomic mass is 10.0. The maximum Gasteiger partial charge on any atom is 0.278 e. The van der Waals surface area contributed by atoms with E-state index < -0.39 is 0 Å². The van der Waals surface area contributed by atoms with E-state index in [1.54, 1.807) is 11.3 Å². The maximum atomic E-state index is 12.9. The number of hydrogen-bond donors (Lipinski definition) is 1. The number of benzene rings is 1. The zero-order valence-corrected chi connectivity index (χ0v) is 17.0. The van der Waals surface area contributed by atoms with E-state index in [0.717, 1.165) is 23.5 Å². The normalized spacial score (nSPS) is 20.7. The molecule has 26 heavy (non-hydrogen) atoms. The Bertz CT molecular complexity index is 899. The molecule has 0 aliphatic carbocycles. The van der Waals surface area contributed by atoms with Crippen LogP contribution in [0.25, 0.3) is 10.2 Å². The number of thiophene rings is 1. The zero-order chi connectivity index (χ0) is 18.3. The molecule has 0 saturated carbocycles. The third-order valence-corrected chi connectivity index (χ3v) is 7.76. The van der Waals surface area contributed by atoms with Gasteiger partial charge in [-0.05, 0) is 37.4 Å². The Morgan fingerprint density at radius 1 is 1.38 bits per heavy atom. The first-order valence-electron chi connectivity index (χ1n) is 9.06. The molecule has 1 amide bonds. The predicted molar refractivity (Wildman–Crippen MR) is 108 cm³/mol. The lowest BCUT2D eigenvalue weighted by Crippen LogP contribution is -3.14. The van der Waals surface area contributed by atoms with Crippen molar-refractivity contribution >= 4 is 38.8 Å². The summed E-state index contributed by atoms with van der Waals surface area (Å²) >= 11 is 3.52. The molecule has 2 aromatic heterocycles. The summed E-state index contributed by atoms with van der Waals surface area (Å²) in [4.78, 5) is 22.4. The Kier molecular flexibility index (Phi) is 4.82. The van der Waals surface area contributed by atoms with Gasteiger partial charge in [-0.15, -0.1) is 22.7 Å². The molecule has 4 rings (SSSR count). The minimum absolute atomic E-state index is 0.00361. The second kappa shape index (κ2) is 7.10. The number of nitrogens with one attached hydrogen (secondary N) is 1. The van der Waals surface area contributed by atoms with Gasteiger partial charge in [0, 0.05) is 23.9 Å². The standard InChI is InChI=1S/C20H23N3OS2/c1-13-15-9-11-25-17(15)8-10-23(13)12-19(24)22(3)14(2)20-21-16-6-4-5-7-18(16)26-20/h4-7,9,11,13-14H,8,10,12H2,1-3H3/p+1/t13-,14+/m1/s1. The molecule has 1 unspecified atom stereocenters. The number of aromatic nitrogens is 1. The van der Waals surface area contributed by atoms with Gasteiger partial charge in [-0.2, -0.15) is 0 Å². The summed E-state index contributed by atoms with van der Waals surface area (Å²) in [7, 11) is 1.91. The largest absolute Gasteiger partial charge is 0.332 e. The number of thiazole rings is 1. The minimum Gasteiger partial charge on any atom is -0.332 e. The first-order valence-corrected chi connectivity index (χ1v) is 10.8. The van der Waals surface area contributed by atoms with Crippen LogP contribution < -0.4 is 4.90 Å². The number of rotatable bonds is 4. The lowest BCUT2D eigenvalue weighted by Gasteiger charge is -2.32. The zero-order valence-electron chi connectivity index (χ0n) is 15.4. The number of likely N-dealkylation sites (N-methyl/N-ethyl adjacent to an activating group) is 1. The number of para-hydroxylation sites is 1. The van der Waals surface area contributed by atoms with Gasteiger partial charge < -0.3 is 9.80 Å². The summed E-state index contributed by atoms with van der Waals surface area (Å²) in [5.74, 6) is 0.192. The molecule has 6 heteroatoms. The second-order valence-corrected chi connectivity index (χ2v) is 9.12. The molecule has 1 aliphatic rings. The SMILES string of the molecule is C[C@@H]1c2ccsc2CC[NH+]1CC(=O)N(C)[C@@H](C)c1nc2ccccc2s1. The quantitative estimate of drug-likeness (QED) is 0.748. The Labute approximate surface area is 162 Å². The second-order valence-electron chi connectivity index (χ2n) is 7.06. The first-order chi connectivity index (χ1) is 12.5. The van der Waals surface area contributed by atoms with Crippen LogP contribution in [0.15, 0.2) is 35.7 Å². The van der Waals surface area contributed by atoms with E-state index in [2.05, 4.69) is 31.4 Å². The molecule has 3 heterocycles. The van der Waals surface area contributed by atoms with Crippen molar-refractivity contribution in [2.24, 2.45) is 0 Å². The molecular formula is C20H24N3OS2+. The van der Waals surface area contributed by atoms with Gasteiger partial charge in [0.05, 0.1) is 22.8 Å².